The predicted octanol–water partition coefficient (Wildman–Crippen LogP) is 3.48. The van der Waals surface area contributed by atoms with Gasteiger partial charge in [0.05, 0.1) is 5.69 Å². The molecule has 25 heavy (non-hydrogen) atoms. The van der Waals surface area contributed by atoms with Crippen molar-refractivity contribution in [1.29, 1.82) is 0 Å². The van der Waals surface area contributed by atoms with Gasteiger partial charge in [0.25, 0.3) is 0 Å². The Morgan fingerprint density at radius 1 is 1.12 bits per heavy atom. The summed E-state index contributed by atoms with van der Waals surface area (Å²) in [6.07, 6.45) is 5.76. The van der Waals surface area contributed by atoms with Gasteiger partial charge in [-0.1, -0.05) is 18.2 Å². The van der Waals surface area contributed by atoms with Gasteiger partial charge in [-0.25, -0.2) is 0 Å². The highest BCUT2D eigenvalue weighted by Gasteiger charge is 2.18. The van der Waals surface area contributed by atoms with Crippen molar-refractivity contribution >= 4 is 0 Å². The molecule has 0 spiro atoms. The second-order valence-electron chi connectivity index (χ2n) is 6.87. The van der Waals surface area contributed by atoms with E-state index in [1.807, 2.05) is 25.2 Å². The third-order valence-electron chi connectivity index (χ3n) is 4.95. The largest absolute Gasteiger partial charge is 0.487 e. The van der Waals surface area contributed by atoms with Crippen LogP contribution in [0.4, 0.5) is 0 Å². The standard InChI is InChI=1S/C21H29N3O/c1-22-13-9-18-10-14-24(15-11-18)16-19-5-7-21(8-6-19)25-17-20-4-2-3-12-23-20/h2-8,12,18,22H,9-11,13-17H2,1H3. The van der Waals surface area contributed by atoms with Crippen LogP contribution in [0.2, 0.25) is 0 Å². The summed E-state index contributed by atoms with van der Waals surface area (Å²) in [4.78, 5) is 6.85. The molecule has 0 saturated carbocycles. The van der Waals surface area contributed by atoms with E-state index < -0.39 is 0 Å². The van der Waals surface area contributed by atoms with Crippen LogP contribution in [0, 0.1) is 5.92 Å². The average Bonchev–Trinajstić information content (AvgIpc) is 2.68. The van der Waals surface area contributed by atoms with Gasteiger partial charge in [-0.3, -0.25) is 9.88 Å². The second-order valence-corrected chi connectivity index (χ2v) is 6.87. The van der Waals surface area contributed by atoms with Gasteiger partial charge >= 0.3 is 0 Å². The van der Waals surface area contributed by atoms with Gasteiger partial charge in [0.2, 0.25) is 0 Å². The van der Waals surface area contributed by atoms with E-state index in [0.717, 1.165) is 30.5 Å². The predicted molar refractivity (Wildman–Crippen MR) is 102 cm³/mol. The Labute approximate surface area is 151 Å². The van der Waals surface area contributed by atoms with Gasteiger partial charge in [-0.05, 0) is 81.7 Å². The number of benzene rings is 1. The summed E-state index contributed by atoms with van der Waals surface area (Å²) in [6.45, 7) is 5.13. The number of hydrogen-bond donors (Lipinski definition) is 1. The lowest BCUT2D eigenvalue weighted by molar-refractivity contribution is 0.172. The fraction of sp³-hybridized carbons (Fsp3) is 0.476. The van der Waals surface area contributed by atoms with Crippen LogP contribution in [0.1, 0.15) is 30.5 Å². The van der Waals surface area contributed by atoms with Crippen molar-refractivity contribution in [3.8, 4) is 5.75 Å². The lowest BCUT2D eigenvalue weighted by Gasteiger charge is -2.32. The van der Waals surface area contributed by atoms with Crippen molar-refractivity contribution in [2.75, 3.05) is 26.7 Å². The Bertz CT molecular complexity index is 607. The van der Waals surface area contributed by atoms with Crippen LogP contribution >= 0.6 is 0 Å². The van der Waals surface area contributed by atoms with Crippen molar-refractivity contribution in [3.05, 3.63) is 59.9 Å². The van der Waals surface area contributed by atoms with Crippen LogP contribution in [0.5, 0.6) is 5.75 Å². The zero-order chi connectivity index (χ0) is 17.3. The molecule has 4 heteroatoms. The molecule has 1 N–H and O–H groups in total. The van der Waals surface area contributed by atoms with Crippen molar-refractivity contribution in [1.82, 2.24) is 15.2 Å². The topological polar surface area (TPSA) is 37.4 Å². The smallest absolute Gasteiger partial charge is 0.130 e. The minimum Gasteiger partial charge on any atom is -0.487 e. The van der Waals surface area contributed by atoms with Crippen LogP contribution in [0.3, 0.4) is 0 Å². The molecule has 2 aromatic rings. The number of likely N-dealkylation sites (tertiary alicyclic amines) is 1. The zero-order valence-electron chi connectivity index (χ0n) is 15.2. The first-order chi connectivity index (χ1) is 12.3. The fourth-order valence-corrected chi connectivity index (χ4v) is 3.37. The van der Waals surface area contributed by atoms with Gasteiger partial charge < -0.3 is 10.1 Å². The first-order valence-corrected chi connectivity index (χ1v) is 9.32. The van der Waals surface area contributed by atoms with Crippen molar-refractivity contribution in [3.63, 3.8) is 0 Å². The van der Waals surface area contributed by atoms with E-state index in [1.54, 1.807) is 6.20 Å². The van der Waals surface area contributed by atoms with Crippen LogP contribution in [0.25, 0.3) is 0 Å². The molecule has 1 aliphatic rings. The second kappa shape index (κ2) is 9.54. The minimum absolute atomic E-state index is 0.514. The molecule has 0 atom stereocenters. The van der Waals surface area contributed by atoms with Crippen LogP contribution < -0.4 is 10.1 Å². The maximum atomic E-state index is 5.81. The molecular weight excluding hydrogens is 310 g/mol. The maximum Gasteiger partial charge on any atom is 0.130 e. The Balaban J connectivity index is 1.42. The average molecular weight is 339 g/mol. The molecule has 0 unspecified atom stereocenters. The summed E-state index contributed by atoms with van der Waals surface area (Å²) in [6, 6.07) is 14.4. The quantitative estimate of drug-likeness (QED) is 0.799. The molecule has 0 bridgehead atoms. The first kappa shape index (κ1) is 17.9. The third-order valence-corrected chi connectivity index (χ3v) is 4.95. The van der Waals surface area contributed by atoms with E-state index in [9.17, 15) is 0 Å². The van der Waals surface area contributed by atoms with Gasteiger partial charge in [-0.2, -0.15) is 0 Å². The van der Waals surface area contributed by atoms with Crippen LogP contribution in [-0.2, 0) is 13.2 Å². The highest BCUT2D eigenvalue weighted by Crippen LogP contribution is 2.22. The Kier molecular flexibility index (Phi) is 6.83. The molecule has 0 amide bonds. The Morgan fingerprint density at radius 3 is 2.60 bits per heavy atom. The number of nitrogens with zero attached hydrogens (tertiary/aromatic N) is 2. The number of piperidine rings is 1. The number of rotatable bonds is 8. The van der Waals surface area contributed by atoms with Gasteiger partial charge in [-0.15, -0.1) is 0 Å². The number of hydrogen-bond acceptors (Lipinski definition) is 4. The van der Waals surface area contributed by atoms with E-state index >= 15 is 0 Å². The van der Waals surface area contributed by atoms with E-state index in [-0.39, 0.29) is 0 Å². The van der Waals surface area contributed by atoms with Crippen molar-refractivity contribution in [2.24, 2.45) is 5.92 Å². The Hall–Kier alpha value is -1.91. The SMILES string of the molecule is CNCCC1CCN(Cc2ccc(OCc3ccccn3)cc2)CC1. The molecular formula is C21H29N3O. The summed E-state index contributed by atoms with van der Waals surface area (Å²) in [5.41, 5.74) is 2.31. The molecule has 1 aromatic heterocycles. The van der Waals surface area contributed by atoms with Gasteiger partial charge in [0.15, 0.2) is 0 Å². The highest BCUT2D eigenvalue weighted by molar-refractivity contribution is 5.27. The monoisotopic (exact) mass is 339 g/mol. The normalized spacial score (nSPS) is 16.0. The summed E-state index contributed by atoms with van der Waals surface area (Å²) < 4.78 is 5.81. The molecule has 1 aliphatic heterocycles. The van der Waals surface area contributed by atoms with E-state index in [2.05, 4.69) is 39.5 Å². The molecule has 1 fully saturated rings. The summed E-state index contributed by atoms with van der Waals surface area (Å²) in [5.74, 6) is 1.80. The van der Waals surface area contributed by atoms with Gasteiger partial charge in [0, 0.05) is 12.7 Å². The van der Waals surface area contributed by atoms with E-state index in [4.69, 9.17) is 4.74 Å². The van der Waals surface area contributed by atoms with Crippen molar-refractivity contribution < 1.29 is 4.74 Å². The minimum atomic E-state index is 0.514. The first-order valence-electron chi connectivity index (χ1n) is 9.32. The molecule has 1 saturated heterocycles. The molecule has 0 radical (unpaired) electrons. The number of pyridine rings is 1. The summed E-state index contributed by atoms with van der Waals surface area (Å²) >= 11 is 0. The van der Waals surface area contributed by atoms with Crippen LogP contribution in [0.15, 0.2) is 48.7 Å². The van der Waals surface area contributed by atoms with E-state index in [0.29, 0.717) is 6.61 Å². The molecule has 1 aromatic carbocycles. The zero-order valence-corrected chi connectivity index (χ0v) is 15.2. The number of ether oxygens (including phenoxy) is 1. The maximum absolute atomic E-state index is 5.81. The third kappa shape index (κ3) is 5.83. The lowest BCUT2D eigenvalue weighted by atomic mass is 9.93. The fourth-order valence-electron chi connectivity index (χ4n) is 3.37. The highest BCUT2D eigenvalue weighted by atomic mass is 16.5. The Morgan fingerprint density at radius 2 is 1.92 bits per heavy atom. The summed E-state index contributed by atoms with van der Waals surface area (Å²) in [5, 5.41) is 3.26. The molecule has 3 rings (SSSR count). The number of aromatic nitrogens is 1. The molecule has 2 heterocycles. The lowest BCUT2D eigenvalue weighted by Crippen LogP contribution is -2.34. The van der Waals surface area contributed by atoms with Crippen molar-refractivity contribution in [2.45, 2.75) is 32.4 Å². The van der Waals surface area contributed by atoms with Crippen LogP contribution in [-0.4, -0.2) is 36.6 Å². The van der Waals surface area contributed by atoms with E-state index in [1.165, 1.54) is 37.9 Å². The molecule has 4 nitrogen and oxygen atoms in total. The number of nitrogens with one attached hydrogen (secondary N) is 1. The molecule has 134 valence electrons. The molecule has 0 aliphatic carbocycles. The summed E-state index contributed by atoms with van der Waals surface area (Å²) in [7, 11) is 2.04. The van der Waals surface area contributed by atoms with Gasteiger partial charge in [0.1, 0.15) is 12.4 Å².